The van der Waals surface area contributed by atoms with E-state index in [1.807, 2.05) is 6.92 Å². The second-order valence-electron chi connectivity index (χ2n) is 4.07. The highest BCUT2D eigenvalue weighted by Crippen LogP contribution is 2.24. The fourth-order valence-electron chi connectivity index (χ4n) is 1.89. The molecule has 0 saturated heterocycles. The average molecular weight is 226 g/mol. The van der Waals surface area contributed by atoms with E-state index in [0.717, 1.165) is 12.0 Å². The quantitative estimate of drug-likeness (QED) is 0.781. The number of rotatable bonds is 3. The third-order valence-corrected chi connectivity index (χ3v) is 2.48. The van der Waals surface area contributed by atoms with E-state index in [9.17, 15) is 0 Å². The summed E-state index contributed by atoms with van der Waals surface area (Å²) in [5.41, 5.74) is 11.1. The van der Waals surface area contributed by atoms with Gasteiger partial charge in [0.15, 0.2) is 0 Å². The van der Waals surface area contributed by atoms with Gasteiger partial charge in [0.2, 0.25) is 0 Å². The van der Waals surface area contributed by atoms with Crippen molar-refractivity contribution in [2.45, 2.75) is 33.2 Å². The van der Waals surface area contributed by atoms with Crippen molar-refractivity contribution in [1.82, 2.24) is 0 Å². The highest BCUT2D eigenvalue weighted by Gasteiger charge is 2.10. The Bertz CT molecular complexity index is 324. The van der Waals surface area contributed by atoms with Crippen LogP contribution in [0.2, 0.25) is 0 Å². The molecule has 2 heteroatoms. The van der Waals surface area contributed by atoms with Crippen LogP contribution in [0.15, 0.2) is 30.4 Å². The van der Waals surface area contributed by atoms with Gasteiger partial charge < -0.3 is 5.73 Å². The van der Waals surface area contributed by atoms with E-state index in [4.69, 9.17) is 5.73 Å². The van der Waals surface area contributed by atoms with Gasteiger partial charge in [-0.05, 0) is 43.9 Å². The molecule has 1 atom stereocenters. The first-order valence-electron chi connectivity index (χ1n) is 4.98. The van der Waals surface area contributed by atoms with Gasteiger partial charge in [0.1, 0.15) is 0 Å². The predicted molar refractivity (Wildman–Crippen MR) is 69.5 cm³/mol. The lowest BCUT2D eigenvalue weighted by Gasteiger charge is -2.17. The summed E-state index contributed by atoms with van der Waals surface area (Å²) in [5.74, 6) is 0. The monoisotopic (exact) mass is 225 g/mol. The SMILES string of the molecule is C=C(C)C[C@H](N)c1c(C)cccc1C.Cl. The minimum absolute atomic E-state index is 0. The first kappa shape index (κ1) is 14.2. The van der Waals surface area contributed by atoms with Crippen LogP contribution in [0.5, 0.6) is 0 Å². The van der Waals surface area contributed by atoms with Crippen LogP contribution in [-0.2, 0) is 0 Å². The summed E-state index contributed by atoms with van der Waals surface area (Å²) in [5, 5.41) is 0. The van der Waals surface area contributed by atoms with Crippen LogP contribution in [0.4, 0.5) is 0 Å². The lowest BCUT2D eigenvalue weighted by atomic mass is 9.93. The molecule has 0 fully saturated rings. The van der Waals surface area contributed by atoms with Gasteiger partial charge in [-0.1, -0.05) is 23.8 Å². The molecule has 84 valence electrons. The summed E-state index contributed by atoms with van der Waals surface area (Å²) in [6, 6.07) is 6.39. The van der Waals surface area contributed by atoms with E-state index >= 15 is 0 Å². The van der Waals surface area contributed by atoms with E-state index in [2.05, 4.69) is 38.6 Å². The number of hydrogen-bond donors (Lipinski definition) is 1. The Morgan fingerprint density at radius 2 is 1.80 bits per heavy atom. The van der Waals surface area contributed by atoms with Crippen molar-refractivity contribution < 1.29 is 0 Å². The third-order valence-electron chi connectivity index (χ3n) is 2.48. The molecule has 0 bridgehead atoms. The van der Waals surface area contributed by atoms with Gasteiger partial charge in [-0.3, -0.25) is 0 Å². The van der Waals surface area contributed by atoms with Crippen LogP contribution < -0.4 is 5.73 Å². The van der Waals surface area contributed by atoms with Crippen molar-refractivity contribution in [2.75, 3.05) is 0 Å². The smallest absolute Gasteiger partial charge is 0.0337 e. The van der Waals surface area contributed by atoms with E-state index in [0.29, 0.717) is 0 Å². The molecule has 0 saturated carbocycles. The fraction of sp³-hybridized carbons (Fsp3) is 0.385. The average Bonchev–Trinajstić information content (AvgIpc) is 2.01. The summed E-state index contributed by atoms with van der Waals surface area (Å²) >= 11 is 0. The van der Waals surface area contributed by atoms with Crippen molar-refractivity contribution >= 4 is 12.4 Å². The van der Waals surface area contributed by atoms with Crippen LogP contribution in [0, 0.1) is 13.8 Å². The Morgan fingerprint density at radius 3 is 2.20 bits per heavy atom. The lowest BCUT2D eigenvalue weighted by molar-refractivity contribution is 0.707. The highest BCUT2D eigenvalue weighted by atomic mass is 35.5. The Kier molecular flexibility index (Phi) is 5.63. The van der Waals surface area contributed by atoms with Gasteiger partial charge in [0.25, 0.3) is 0 Å². The van der Waals surface area contributed by atoms with E-state index in [1.165, 1.54) is 16.7 Å². The molecule has 0 aliphatic rings. The fourth-order valence-corrected chi connectivity index (χ4v) is 1.89. The van der Waals surface area contributed by atoms with Crippen molar-refractivity contribution in [3.05, 3.63) is 47.0 Å². The van der Waals surface area contributed by atoms with Crippen LogP contribution in [0.3, 0.4) is 0 Å². The predicted octanol–water partition coefficient (Wildman–Crippen LogP) is 3.69. The number of halogens is 1. The molecule has 15 heavy (non-hydrogen) atoms. The minimum atomic E-state index is 0. The topological polar surface area (TPSA) is 26.0 Å². The van der Waals surface area contributed by atoms with Gasteiger partial charge in [-0.15, -0.1) is 19.0 Å². The zero-order valence-corrected chi connectivity index (χ0v) is 10.5. The molecule has 1 aromatic carbocycles. The standard InChI is InChI=1S/C13H19N.ClH/c1-9(2)8-12(14)13-10(3)6-5-7-11(13)4;/h5-7,12H,1,8,14H2,2-4H3;1H/t12-;/m0./s1. The Hall–Kier alpha value is -0.790. The van der Waals surface area contributed by atoms with Crippen molar-refractivity contribution in [1.29, 1.82) is 0 Å². The summed E-state index contributed by atoms with van der Waals surface area (Å²) in [4.78, 5) is 0. The van der Waals surface area contributed by atoms with Crippen LogP contribution in [0.1, 0.15) is 36.1 Å². The van der Waals surface area contributed by atoms with E-state index in [-0.39, 0.29) is 18.4 Å². The molecule has 0 unspecified atom stereocenters. The zero-order chi connectivity index (χ0) is 10.7. The molecule has 0 aliphatic heterocycles. The molecule has 0 aliphatic carbocycles. The normalized spacial score (nSPS) is 11.7. The summed E-state index contributed by atoms with van der Waals surface area (Å²) in [6.45, 7) is 10.1. The Balaban J connectivity index is 0.00000196. The molecule has 0 heterocycles. The van der Waals surface area contributed by atoms with Crippen molar-refractivity contribution in [3.63, 3.8) is 0 Å². The molecular formula is C13H20ClN. The largest absolute Gasteiger partial charge is 0.324 e. The maximum absolute atomic E-state index is 6.14. The van der Waals surface area contributed by atoms with Gasteiger partial charge in [-0.25, -0.2) is 0 Å². The van der Waals surface area contributed by atoms with Crippen molar-refractivity contribution in [2.24, 2.45) is 5.73 Å². The van der Waals surface area contributed by atoms with E-state index < -0.39 is 0 Å². The number of benzene rings is 1. The van der Waals surface area contributed by atoms with Crippen molar-refractivity contribution in [3.8, 4) is 0 Å². The zero-order valence-electron chi connectivity index (χ0n) is 9.71. The van der Waals surface area contributed by atoms with Gasteiger partial charge in [0.05, 0.1) is 0 Å². The maximum atomic E-state index is 6.14. The summed E-state index contributed by atoms with van der Waals surface area (Å²) < 4.78 is 0. The molecule has 1 nitrogen and oxygen atoms in total. The molecule has 0 amide bonds. The maximum Gasteiger partial charge on any atom is 0.0337 e. The third kappa shape index (κ3) is 3.69. The molecule has 0 radical (unpaired) electrons. The molecule has 1 aromatic rings. The second-order valence-corrected chi connectivity index (χ2v) is 4.07. The second kappa shape index (κ2) is 5.94. The minimum Gasteiger partial charge on any atom is -0.324 e. The summed E-state index contributed by atoms with van der Waals surface area (Å²) in [7, 11) is 0. The lowest BCUT2D eigenvalue weighted by Crippen LogP contribution is -2.13. The molecule has 2 N–H and O–H groups in total. The summed E-state index contributed by atoms with van der Waals surface area (Å²) in [6.07, 6.45) is 0.867. The number of hydrogen-bond acceptors (Lipinski definition) is 1. The van der Waals surface area contributed by atoms with E-state index in [1.54, 1.807) is 0 Å². The number of aryl methyl sites for hydroxylation is 2. The Labute approximate surface area is 98.8 Å². The van der Waals surface area contributed by atoms with Gasteiger partial charge in [0, 0.05) is 6.04 Å². The Morgan fingerprint density at radius 1 is 1.33 bits per heavy atom. The van der Waals surface area contributed by atoms with Crippen LogP contribution >= 0.6 is 12.4 Å². The molecule has 0 spiro atoms. The first-order valence-corrected chi connectivity index (χ1v) is 4.98. The molecule has 0 aromatic heterocycles. The molecular weight excluding hydrogens is 206 g/mol. The van der Waals surface area contributed by atoms with Gasteiger partial charge >= 0.3 is 0 Å². The highest BCUT2D eigenvalue weighted by molar-refractivity contribution is 5.85. The van der Waals surface area contributed by atoms with Gasteiger partial charge in [-0.2, -0.15) is 0 Å². The number of nitrogens with two attached hydrogens (primary N) is 1. The molecule has 1 rings (SSSR count). The van der Waals surface area contributed by atoms with Crippen LogP contribution in [-0.4, -0.2) is 0 Å². The van der Waals surface area contributed by atoms with Crippen LogP contribution in [0.25, 0.3) is 0 Å². The first-order chi connectivity index (χ1) is 6.52.